The third-order valence-electron chi connectivity index (χ3n) is 9.64. The van der Waals surface area contributed by atoms with Gasteiger partial charge in [-0.05, 0) is 103 Å². The van der Waals surface area contributed by atoms with Crippen LogP contribution in [0.15, 0.2) is 109 Å². The van der Waals surface area contributed by atoms with Crippen molar-refractivity contribution in [2.24, 2.45) is 5.73 Å². The molecule has 0 saturated carbocycles. The molecule has 2 atom stereocenters. The van der Waals surface area contributed by atoms with Crippen LogP contribution in [0.1, 0.15) is 181 Å². The molecule has 0 aromatic rings. The van der Waals surface area contributed by atoms with Crippen molar-refractivity contribution in [3.05, 3.63) is 109 Å². The quantitative estimate of drug-likeness (QED) is 0.0265. The highest BCUT2D eigenvalue weighted by Gasteiger charge is 2.26. The minimum absolute atomic E-state index is 0.0418. The molecular weight excluding hydrogens is 810 g/mol. The summed E-state index contributed by atoms with van der Waals surface area (Å²) in [5, 5.41) is 0. The molecule has 0 bridgehead atoms. The van der Waals surface area contributed by atoms with E-state index in [2.05, 4.69) is 123 Å². The number of hydrogen-bond acceptors (Lipinski definition) is 8. The van der Waals surface area contributed by atoms with E-state index in [1.54, 1.807) is 0 Å². The Morgan fingerprint density at radius 3 is 1.32 bits per heavy atom. The first-order valence-corrected chi connectivity index (χ1v) is 25.9. The van der Waals surface area contributed by atoms with Gasteiger partial charge < -0.3 is 20.1 Å². The molecule has 9 nitrogen and oxygen atoms in total. The number of carbonyl (C=O) groups is 2. The lowest BCUT2D eigenvalue weighted by Crippen LogP contribution is -2.29. The van der Waals surface area contributed by atoms with Gasteiger partial charge in [0.25, 0.3) is 0 Å². The fourth-order valence-electron chi connectivity index (χ4n) is 6.05. The van der Waals surface area contributed by atoms with Crippen molar-refractivity contribution in [2.75, 3.05) is 26.4 Å². The summed E-state index contributed by atoms with van der Waals surface area (Å²) in [4.78, 5) is 34.9. The van der Waals surface area contributed by atoms with Crippen molar-refractivity contribution < 1.29 is 37.6 Å². The topological polar surface area (TPSA) is 134 Å². The first-order chi connectivity index (χ1) is 30.8. The average Bonchev–Trinajstić information content (AvgIpc) is 3.27. The summed E-state index contributed by atoms with van der Waals surface area (Å²) in [6.45, 7) is 3.54. The van der Waals surface area contributed by atoms with Gasteiger partial charge >= 0.3 is 19.8 Å². The average molecular weight is 898 g/mol. The summed E-state index contributed by atoms with van der Waals surface area (Å²) in [7, 11) is -4.40. The molecule has 10 heteroatoms. The molecule has 0 radical (unpaired) electrons. The molecule has 0 spiro atoms. The SMILES string of the molecule is CC/C=C\C/C=C\C/C=C\C/C=C\C/C=C\C/C=C\C/C=C\C/C=C\CCCCCCC(=O)OC(COC(=O)CCCCCCC/C=C\CCCCCC)COP(=O)(O)OCCN. The number of esters is 2. The predicted molar refractivity (Wildman–Crippen MR) is 265 cm³/mol. The predicted octanol–water partition coefficient (Wildman–Crippen LogP) is 14.7. The molecule has 0 fully saturated rings. The lowest BCUT2D eigenvalue weighted by molar-refractivity contribution is -0.161. The second kappa shape index (κ2) is 48.1. The zero-order valence-corrected chi connectivity index (χ0v) is 40.4. The molecular formula is C53H88NO8P. The summed E-state index contributed by atoms with van der Waals surface area (Å²) in [5.41, 5.74) is 5.35. The van der Waals surface area contributed by atoms with Crippen LogP contribution in [0.4, 0.5) is 0 Å². The number of ether oxygens (including phenoxy) is 2. The third kappa shape index (κ3) is 48.0. The first-order valence-electron chi connectivity index (χ1n) is 24.4. The van der Waals surface area contributed by atoms with E-state index in [4.69, 9.17) is 24.3 Å². The Balaban J connectivity index is 4.16. The van der Waals surface area contributed by atoms with Gasteiger partial charge in [0.05, 0.1) is 13.2 Å². The van der Waals surface area contributed by atoms with E-state index in [1.807, 2.05) is 0 Å². The van der Waals surface area contributed by atoms with Crippen LogP contribution < -0.4 is 5.73 Å². The van der Waals surface area contributed by atoms with Crippen molar-refractivity contribution in [3.63, 3.8) is 0 Å². The molecule has 358 valence electrons. The van der Waals surface area contributed by atoms with Crippen LogP contribution in [-0.2, 0) is 32.7 Å². The van der Waals surface area contributed by atoms with Gasteiger partial charge in [-0.2, -0.15) is 0 Å². The lowest BCUT2D eigenvalue weighted by Gasteiger charge is -2.19. The molecule has 0 saturated heterocycles. The van der Waals surface area contributed by atoms with Gasteiger partial charge in [0.2, 0.25) is 0 Å². The molecule has 0 amide bonds. The fraction of sp³-hybridized carbons (Fsp3) is 0.623. The number of hydrogen-bond donors (Lipinski definition) is 2. The van der Waals surface area contributed by atoms with Crippen molar-refractivity contribution in [1.82, 2.24) is 0 Å². The highest BCUT2D eigenvalue weighted by atomic mass is 31.2. The minimum Gasteiger partial charge on any atom is -0.462 e. The number of phosphoric ester groups is 1. The van der Waals surface area contributed by atoms with E-state index < -0.39 is 32.5 Å². The van der Waals surface area contributed by atoms with Gasteiger partial charge in [-0.3, -0.25) is 18.6 Å². The van der Waals surface area contributed by atoms with E-state index in [9.17, 15) is 19.0 Å². The zero-order valence-electron chi connectivity index (χ0n) is 39.5. The smallest absolute Gasteiger partial charge is 0.462 e. The van der Waals surface area contributed by atoms with E-state index in [1.165, 1.54) is 32.1 Å². The summed E-state index contributed by atoms with van der Waals surface area (Å²) >= 11 is 0. The summed E-state index contributed by atoms with van der Waals surface area (Å²) < 4.78 is 32.8. The maximum absolute atomic E-state index is 12.6. The van der Waals surface area contributed by atoms with Gasteiger partial charge in [-0.15, -0.1) is 0 Å². The highest BCUT2D eigenvalue weighted by Crippen LogP contribution is 2.43. The molecule has 0 aliphatic rings. The van der Waals surface area contributed by atoms with Gasteiger partial charge in [0.1, 0.15) is 6.61 Å². The molecule has 0 aromatic heterocycles. The van der Waals surface area contributed by atoms with Gasteiger partial charge in [0.15, 0.2) is 6.10 Å². The number of carbonyl (C=O) groups excluding carboxylic acids is 2. The summed E-state index contributed by atoms with van der Waals surface area (Å²) in [6, 6.07) is 0. The molecule has 63 heavy (non-hydrogen) atoms. The molecule has 0 rings (SSSR count). The molecule has 3 N–H and O–H groups in total. The van der Waals surface area contributed by atoms with Crippen LogP contribution in [0.2, 0.25) is 0 Å². The second-order valence-electron chi connectivity index (χ2n) is 15.6. The molecule has 0 heterocycles. The Labute approximate surface area is 384 Å². The van der Waals surface area contributed by atoms with E-state index in [-0.39, 0.29) is 32.6 Å². The Morgan fingerprint density at radius 1 is 0.492 bits per heavy atom. The van der Waals surface area contributed by atoms with Gasteiger partial charge in [0, 0.05) is 19.4 Å². The standard InChI is InChI=1S/C53H88NO8P/c1-3-5-7-9-11-13-15-17-18-19-20-21-22-23-24-25-26-27-28-29-30-31-32-34-36-38-40-42-44-46-53(56)62-51(50-61-63(57,58)60-48-47-54)49-59-52(55)45-43-41-39-37-35-33-16-14-12-10-8-6-4-2/h5,7,11,13-14,16-18,20-21,23-24,26-27,29-30,32,34,51H,3-4,6,8-10,12,15,19,22,25,28,31,33,35-50,54H2,1-2H3,(H,57,58)/b7-5-,13-11-,16-14-,18-17-,21-20-,24-23-,27-26-,30-29-,34-32-. The highest BCUT2D eigenvalue weighted by molar-refractivity contribution is 7.47. The fourth-order valence-corrected chi connectivity index (χ4v) is 6.82. The zero-order chi connectivity index (χ0) is 46.0. The Hall–Kier alpha value is -3.33. The Kier molecular flexibility index (Phi) is 45.6. The molecule has 0 aliphatic carbocycles. The number of allylic oxidation sites excluding steroid dienone is 18. The van der Waals surface area contributed by atoms with Crippen molar-refractivity contribution in [1.29, 1.82) is 0 Å². The van der Waals surface area contributed by atoms with Crippen molar-refractivity contribution in [3.8, 4) is 0 Å². The number of unbranched alkanes of at least 4 members (excludes halogenated alkanes) is 13. The van der Waals surface area contributed by atoms with Crippen LogP contribution in [0.5, 0.6) is 0 Å². The van der Waals surface area contributed by atoms with E-state index in [0.29, 0.717) is 12.8 Å². The van der Waals surface area contributed by atoms with E-state index in [0.717, 1.165) is 109 Å². The molecule has 0 aromatic carbocycles. The largest absolute Gasteiger partial charge is 0.472 e. The molecule has 2 unspecified atom stereocenters. The van der Waals surface area contributed by atoms with Crippen LogP contribution in [0.3, 0.4) is 0 Å². The maximum Gasteiger partial charge on any atom is 0.472 e. The minimum atomic E-state index is -4.40. The van der Waals surface area contributed by atoms with Gasteiger partial charge in [-0.1, -0.05) is 175 Å². The molecule has 0 aliphatic heterocycles. The summed E-state index contributed by atoms with van der Waals surface area (Å²) in [5.74, 6) is -0.878. The third-order valence-corrected chi connectivity index (χ3v) is 10.6. The maximum atomic E-state index is 12.6. The number of phosphoric acid groups is 1. The summed E-state index contributed by atoms with van der Waals surface area (Å²) in [6.07, 6.45) is 64.1. The second-order valence-corrected chi connectivity index (χ2v) is 17.0. The van der Waals surface area contributed by atoms with Crippen molar-refractivity contribution in [2.45, 2.75) is 187 Å². The van der Waals surface area contributed by atoms with Crippen LogP contribution in [0, 0.1) is 0 Å². The van der Waals surface area contributed by atoms with Gasteiger partial charge in [-0.25, -0.2) is 4.57 Å². The van der Waals surface area contributed by atoms with Crippen molar-refractivity contribution >= 4 is 19.8 Å². The van der Waals surface area contributed by atoms with E-state index >= 15 is 0 Å². The van der Waals surface area contributed by atoms with Crippen LogP contribution in [-0.4, -0.2) is 49.3 Å². The Bertz CT molecular complexity index is 1390. The first kappa shape index (κ1) is 59.7. The monoisotopic (exact) mass is 898 g/mol. The van der Waals surface area contributed by atoms with Crippen LogP contribution in [0.25, 0.3) is 0 Å². The normalized spacial score (nSPS) is 14.2. The Morgan fingerprint density at radius 2 is 0.873 bits per heavy atom. The number of nitrogens with two attached hydrogens (primary N) is 1. The van der Waals surface area contributed by atoms with Crippen LogP contribution >= 0.6 is 7.82 Å². The lowest BCUT2D eigenvalue weighted by atomic mass is 10.1. The number of rotatable bonds is 44.